The Hall–Kier alpha value is -0.420. The maximum absolute atomic E-state index is 4.41. The predicted molar refractivity (Wildman–Crippen MR) is 83.5 cm³/mol. The van der Waals surface area contributed by atoms with Crippen LogP contribution in [0.25, 0.3) is 0 Å². The van der Waals surface area contributed by atoms with Gasteiger partial charge >= 0.3 is 0 Å². The number of nitrogens with zero attached hydrogens (tertiary/aromatic N) is 1. The second-order valence-electron chi connectivity index (χ2n) is 4.00. The second kappa shape index (κ2) is 5.96. The van der Waals surface area contributed by atoms with Crippen LogP contribution in [0.15, 0.2) is 48.7 Å². The van der Waals surface area contributed by atoms with Crippen LogP contribution in [0.2, 0.25) is 0 Å². The first kappa shape index (κ1) is 13.0. The molecule has 2 aromatic rings. The van der Waals surface area contributed by atoms with Gasteiger partial charge in [-0.1, -0.05) is 41.1 Å². The van der Waals surface area contributed by atoms with Gasteiger partial charge in [-0.05, 0) is 52.4 Å². The highest BCUT2D eigenvalue weighted by Gasteiger charge is 2.18. The zero-order valence-electron chi connectivity index (χ0n) is 9.48. The second-order valence-corrected chi connectivity index (χ2v) is 6.23. The molecule has 1 aromatic heterocycles. The molecular weight excluding hydrogens is 389 g/mol. The molecule has 2 rings (SSSR count). The van der Waals surface area contributed by atoms with E-state index in [0.29, 0.717) is 10.7 Å². The molecule has 0 radical (unpaired) electrons. The molecule has 0 aliphatic carbocycles. The summed E-state index contributed by atoms with van der Waals surface area (Å²) >= 11 is 6.09. The molecule has 1 heterocycles. The van der Waals surface area contributed by atoms with Gasteiger partial charge < -0.3 is 0 Å². The Morgan fingerprint density at radius 3 is 2.41 bits per heavy atom. The Labute approximate surface area is 124 Å². The molecule has 0 aliphatic heterocycles. The van der Waals surface area contributed by atoms with Gasteiger partial charge in [0.15, 0.2) is 0 Å². The SMILES string of the molecule is CC(c1ccccn1)C(Br)c1ccc(I)cc1. The minimum atomic E-state index is 0.300. The normalized spacial score (nSPS) is 14.3. The van der Waals surface area contributed by atoms with E-state index < -0.39 is 0 Å². The quantitative estimate of drug-likeness (QED) is 0.525. The van der Waals surface area contributed by atoms with Crippen molar-refractivity contribution >= 4 is 38.5 Å². The van der Waals surface area contributed by atoms with Gasteiger partial charge in [0.2, 0.25) is 0 Å². The topological polar surface area (TPSA) is 12.9 Å². The van der Waals surface area contributed by atoms with E-state index >= 15 is 0 Å². The summed E-state index contributed by atoms with van der Waals surface area (Å²) in [5, 5.41) is 0. The van der Waals surface area contributed by atoms with E-state index in [1.165, 1.54) is 9.13 Å². The fraction of sp³-hybridized carbons (Fsp3) is 0.214. The Morgan fingerprint density at radius 2 is 1.82 bits per heavy atom. The van der Waals surface area contributed by atoms with E-state index in [1.807, 2.05) is 18.3 Å². The van der Waals surface area contributed by atoms with E-state index in [0.717, 1.165) is 5.69 Å². The minimum absolute atomic E-state index is 0.300. The highest BCUT2D eigenvalue weighted by atomic mass is 127. The number of hydrogen-bond acceptors (Lipinski definition) is 1. The summed E-state index contributed by atoms with van der Waals surface area (Å²) in [5.41, 5.74) is 2.41. The molecule has 0 amide bonds. The smallest absolute Gasteiger partial charge is 0.0476 e. The number of aromatic nitrogens is 1. The standard InChI is InChI=1S/C14H13BrIN/c1-10(13-4-2-3-9-17-13)14(15)11-5-7-12(16)8-6-11/h2-10,14H,1H3. The van der Waals surface area contributed by atoms with Crippen LogP contribution in [0.5, 0.6) is 0 Å². The average Bonchev–Trinajstić information content (AvgIpc) is 2.39. The lowest BCUT2D eigenvalue weighted by Crippen LogP contribution is -2.03. The average molecular weight is 402 g/mol. The highest BCUT2D eigenvalue weighted by Crippen LogP contribution is 2.36. The van der Waals surface area contributed by atoms with Crippen LogP contribution in [0.4, 0.5) is 0 Å². The Kier molecular flexibility index (Phi) is 4.56. The first-order chi connectivity index (χ1) is 8.18. The van der Waals surface area contributed by atoms with Crippen LogP contribution in [-0.2, 0) is 0 Å². The van der Waals surface area contributed by atoms with E-state index in [1.54, 1.807) is 0 Å². The van der Waals surface area contributed by atoms with Crippen molar-refractivity contribution in [2.75, 3.05) is 0 Å². The summed E-state index contributed by atoms with van der Waals surface area (Å²) in [4.78, 5) is 4.71. The summed E-state index contributed by atoms with van der Waals surface area (Å²) in [6.07, 6.45) is 1.85. The van der Waals surface area contributed by atoms with Gasteiger partial charge in [0.1, 0.15) is 0 Å². The Morgan fingerprint density at radius 1 is 1.12 bits per heavy atom. The molecule has 2 unspecified atom stereocenters. The third-order valence-electron chi connectivity index (χ3n) is 2.78. The molecule has 17 heavy (non-hydrogen) atoms. The van der Waals surface area contributed by atoms with Crippen LogP contribution >= 0.6 is 38.5 Å². The molecule has 0 spiro atoms. The Balaban J connectivity index is 2.20. The van der Waals surface area contributed by atoms with Crippen molar-refractivity contribution < 1.29 is 0 Å². The van der Waals surface area contributed by atoms with Crippen molar-refractivity contribution in [2.24, 2.45) is 0 Å². The first-order valence-electron chi connectivity index (χ1n) is 5.49. The third-order valence-corrected chi connectivity index (χ3v) is 4.82. The molecule has 0 saturated carbocycles. The van der Waals surface area contributed by atoms with E-state index in [-0.39, 0.29) is 0 Å². The van der Waals surface area contributed by atoms with Gasteiger partial charge in [0.05, 0.1) is 0 Å². The lowest BCUT2D eigenvalue weighted by molar-refractivity contribution is 0.724. The van der Waals surface area contributed by atoms with Crippen LogP contribution in [0, 0.1) is 3.57 Å². The van der Waals surface area contributed by atoms with Gasteiger partial charge in [0.25, 0.3) is 0 Å². The van der Waals surface area contributed by atoms with Crippen molar-refractivity contribution in [3.8, 4) is 0 Å². The predicted octanol–water partition coefficient (Wildman–Crippen LogP) is 4.93. The molecule has 3 heteroatoms. The maximum Gasteiger partial charge on any atom is 0.0476 e. The number of benzene rings is 1. The van der Waals surface area contributed by atoms with Crippen molar-refractivity contribution in [1.29, 1.82) is 0 Å². The van der Waals surface area contributed by atoms with Crippen LogP contribution in [0.1, 0.15) is 28.9 Å². The Bertz CT molecular complexity index is 469. The summed E-state index contributed by atoms with van der Waals surface area (Å²) in [6.45, 7) is 2.19. The highest BCUT2D eigenvalue weighted by molar-refractivity contribution is 14.1. The van der Waals surface area contributed by atoms with Gasteiger partial charge in [-0.25, -0.2) is 0 Å². The summed E-state index contributed by atoms with van der Waals surface area (Å²) in [6, 6.07) is 14.7. The van der Waals surface area contributed by atoms with E-state index in [9.17, 15) is 0 Å². The van der Waals surface area contributed by atoms with Gasteiger partial charge in [0, 0.05) is 26.2 Å². The van der Waals surface area contributed by atoms with Crippen LogP contribution in [-0.4, -0.2) is 4.98 Å². The van der Waals surface area contributed by atoms with Crippen LogP contribution < -0.4 is 0 Å². The fourth-order valence-electron chi connectivity index (χ4n) is 1.73. The monoisotopic (exact) mass is 401 g/mol. The zero-order valence-corrected chi connectivity index (χ0v) is 13.2. The number of alkyl halides is 1. The minimum Gasteiger partial charge on any atom is -0.261 e. The molecule has 0 N–H and O–H groups in total. The molecule has 0 bridgehead atoms. The van der Waals surface area contributed by atoms with Gasteiger partial charge in [-0.3, -0.25) is 4.98 Å². The summed E-state index contributed by atoms with van der Waals surface area (Å²) in [5.74, 6) is 0.358. The summed E-state index contributed by atoms with van der Waals surface area (Å²) < 4.78 is 1.26. The van der Waals surface area contributed by atoms with Gasteiger partial charge in [-0.15, -0.1) is 0 Å². The third kappa shape index (κ3) is 3.28. The molecule has 0 aliphatic rings. The number of hydrogen-bond donors (Lipinski definition) is 0. The molecule has 1 nitrogen and oxygen atoms in total. The summed E-state index contributed by atoms with van der Waals surface area (Å²) in [7, 11) is 0. The van der Waals surface area contributed by atoms with Crippen LogP contribution in [0.3, 0.4) is 0 Å². The van der Waals surface area contributed by atoms with Crippen molar-refractivity contribution in [2.45, 2.75) is 17.7 Å². The van der Waals surface area contributed by atoms with Crippen molar-refractivity contribution in [3.05, 3.63) is 63.5 Å². The molecule has 0 saturated heterocycles. The van der Waals surface area contributed by atoms with E-state index in [4.69, 9.17) is 0 Å². The maximum atomic E-state index is 4.41. The number of halogens is 2. The lowest BCUT2D eigenvalue weighted by Gasteiger charge is -2.18. The van der Waals surface area contributed by atoms with Gasteiger partial charge in [-0.2, -0.15) is 0 Å². The molecule has 2 atom stereocenters. The van der Waals surface area contributed by atoms with Crippen molar-refractivity contribution in [3.63, 3.8) is 0 Å². The molecule has 0 fully saturated rings. The first-order valence-corrected chi connectivity index (χ1v) is 7.48. The fourth-order valence-corrected chi connectivity index (χ4v) is 2.67. The molecule has 88 valence electrons. The molecule has 1 aromatic carbocycles. The lowest BCUT2D eigenvalue weighted by atomic mass is 9.97. The molecular formula is C14H13BrIN. The largest absolute Gasteiger partial charge is 0.261 e. The number of rotatable bonds is 3. The van der Waals surface area contributed by atoms with E-state index in [2.05, 4.69) is 80.8 Å². The zero-order chi connectivity index (χ0) is 12.3. The van der Waals surface area contributed by atoms with Crippen molar-refractivity contribution in [1.82, 2.24) is 4.98 Å². The number of pyridine rings is 1.